The fourth-order valence-corrected chi connectivity index (χ4v) is 8.87. The Balaban J connectivity index is 0.00000204. The number of aromatic nitrogens is 2. The molecule has 3 saturated carbocycles. The lowest BCUT2D eigenvalue weighted by Crippen LogP contribution is -2.53. The van der Waals surface area contributed by atoms with Crippen LogP contribution in [0.1, 0.15) is 69.5 Å². The molecule has 8 atom stereocenters. The number of hydrogen-bond acceptors (Lipinski definition) is 3. The fraction of sp³-hybridized carbons (Fsp3) is 0.731. The Morgan fingerprint density at radius 3 is 2.81 bits per heavy atom. The van der Waals surface area contributed by atoms with E-state index in [0.717, 1.165) is 62.2 Å². The molecule has 168 valence electrons. The lowest BCUT2D eigenvalue weighted by Gasteiger charge is -2.57. The average Bonchev–Trinajstić information content (AvgIpc) is 2.76. The van der Waals surface area contributed by atoms with Gasteiger partial charge < -0.3 is 5.11 Å². The Kier molecular flexibility index (Phi) is 5.44. The van der Waals surface area contributed by atoms with Crippen molar-refractivity contribution in [3.63, 3.8) is 0 Å². The van der Waals surface area contributed by atoms with Gasteiger partial charge in [-0.15, -0.1) is 12.4 Å². The summed E-state index contributed by atoms with van der Waals surface area (Å²) >= 11 is 0. The quantitative estimate of drug-likeness (QED) is 0.583. The van der Waals surface area contributed by atoms with Gasteiger partial charge in [0, 0.05) is 11.9 Å². The predicted octanol–water partition coefficient (Wildman–Crippen LogP) is 5.50. The summed E-state index contributed by atoms with van der Waals surface area (Å²) in [6, 6.07) is 0. The highest BCUT2D eigenvalue weighted by atomic mass is 35.5. The van der Waals surface area contributed by atoms with Crippen molar-refractivity contribution in [2.75, 3.05) is 0 Å². The third-order valence-electron chi connectivity index (χ3n) is 10.1. The number of fused-ring (bicyclic) bond motifs is 8. The first-order valence-electron chi connectivity index (χ1n) is 12.3. The van der Waals surface area contributed by atoms with E-state index in [0.29, 0.717) is 11.8 Å². The summed E-state index contributed by atoms with van der Waals surface area (Å²) in [5.74, 6) is 3.97. The topological polar surface area (TPSA) is 63.1 Å². The second-order valence-corrected chi connectivity index (χ2v) is 11.1. The number of carboxylic acid groups (broad SMARTS) is 1. The molecule has 0 amide bonds. The number of allylic oxidation sites excluding steroid dienone is 2. The Morgan fingerprint density at radius 2 is 1.97 bits per heavy atom. The maximum absolute atomic E-state index is 12.5. The first kappa shape index (κ1) is 21.4. The second kappa shape index (κ2) is 7.86. The van der Waals surface area contributed by atoms with Gasteiger partial charge in [0.1, 0.15) is 6.33 Å². The monoisotopic (exact) mass is 442 g/mol. The molecule has 1 heterocycles. The molecule has 5 aliphatic rings. The molecule has 0 saturated heterocycles. The van der Waals surface area contributed by atoms with Crippen molar-refractivity contribution in [1.29, 1.82) is 0 Å². The van der Waals surface area contributed by atoms with Crippen LogP contribution >= 0.6 is 12.4 Å². The molecule has 4 nitrogen and oxygen atoms in total. The van der Waals surface area contributed by atoms with Crippen LogP contribution in [0.15, 0.2) is 24.2 Å². The van der Waals surface area contributed by atoms with Crippen LogP contribution in [0.4, 0.5) is 0 Å². The standard InChI is InChI=1S/C26H34N2O2.ClH/c1-15-3-2-9-26(25(29)30)10-8-20-18-5-4-16-12-23-17(13-27-14-28-23)11-22(16)19(18)6-7-21(20)24(15)26;/h7,13-16,18-20,22,24H,2-6,8-12H2,1H3,(H,29,30);1H. The minimum absolute atomic E-state index is 0. The zero-order chi connectivity index (χ0) is 20.5. The normalized spacial score (nSPS) is 43.0. The molecule has 0 aliphatic heterocycles. The molecular formula is C26H35ClN2O2. The van der Waals surface area contributed by atoms with Crippen LogP contribution in [0.25, 0.3) is 0 Å². The zero-order valence-electron chi connectivity index (χ0n) is 18.5. The number of carbonyl (C=O) groups is 1. The van der Waals surface area contributed by atoms with E-state index in [1.165, 1.54) is 36.9 Å². The first-order valence-corrected chi connectivity index (χ1v) is 12.3. The number of carboxylic acids is 1. The zero-order valence-corrected chi connectivity index (χ0v) is 19.3. The summed E-state index contributed by atoms with van der Waals surface area (Å²) in [6.07, 6.45) is 17.6. The summed E-state index contributed by atoms with van der Waals surface area (Å²) in [5, 5.41) is 10.3. The van der Waals surface area contributed by atoms with Crippen LogP contribution in [0, 0.1) is 46.8 Å². The van der Waals surface area contributed by atoms with Gasteiger partial charge in [-0.2, -0.15) is 0 Å². The summed E-state index contributed by atoms with van der Waals surface area (Å²) in [6.45, 7) is 2.33. The summed E-state index contributed by atoms with van der Waals surface area (Å²) < 4.78 is 0. The van der Waals surface area contributed by atoms with E-state index in [9.17, 15) is 9.90 Å². The SMILES string of the molecule is CC1CCCC2(C(=O)O)CCC3C(=CCC4C5Cc6cncnc6CC5CCC34)C12.Cl. The maximum atomic E-state index is 12.5. The van der Waals surface area contributed by atoms with Crippen molar-refractivity contribution in [3.8, 4) is 0 Å². The van der Waals surface area contributed by atoms with Crippen molar-refractivity contribution in [2.24, 2.45) is 46.8 Å². The fourth-order valence-electron chi connectivity index (χ4n) is 8.87. The highest BCUT2D eigenvalue weighted by Gasteiger charge is 2.58. The van der Waals surface area contributed by atoms with Crippen molar-refractivity contribution in [1.82, 2.24) is 9.97 Å². The molecule has 31 heavy (non-hydrogen) atoms. The molecule has 6 rings (SSSR count). The van der Waals surface area contributed by atoms with E-state index >= 15 is 0 Å². The van der Waals surface area contributed by atoms with Crippen LogP contribution in [-0.4, -0.2) is 21.0 Å². The predicted molar refractivity (Wildman–Crippen MR) is 122 cm³/mol. The largest absolute Gasteiger partial charge is 0.481 e. The summed E-state index contributed by atoms with van der Waals surface area (Å²) in [5.41, 5.74) is 3.75. The number of rotatable bonds is 1. The molecule has 1 aromatic heterocycles. The van der Waals surface area contributed by atoms with Crippen molar-refractivity contribution in [2.45, 2.75) is 71.1 Å². The molecule has 0 radical (unpaired) electrons. The third kappa shape index (κ3) is 3.11. The number of nitrogens with zero attached hydrogens (tertiary/aromatic N) is 2. The van der Waals surface area contributed by atoms with Crippen molar-refractivity contribution >= 4 is 18.4 Å². The molecule has 0 aromatic carbocycles. The lowest BCUT2D eigenvalue weighted by atomic mass is 9.46. The van der Waals surface area contributed by atoms with Gasteiger partial charge in [-0.1, -0.05) is 31.4 Å². The van der Waals surface area contributed by atoms with Crippen LogP contribution in [0.2, 0.25) is 0 Å². The van der Waals surface area contributed by atoms with Crippen LogP contribution in [0.3, 0.4) is 0 Å². The van der Waals surface area contributed by atoms with E-state index < -0.39 is 11.4 Å². The van der Waals surface area contributed by atoms with Crippen LogP contribution in [-0.2, 0) is 17.6 Å². The first-order chi connectivity index (χ1) is 14.6. The number of hydrogen-bond donors (Lipinski definition) is 1. The number of halogens is 1. The van der Waals surface area contributed by atoms with Gasteiger partial charge >= 0.3 is 5.97 Å². The highest BCUT2D eigenvalue weighted by Crippen LogP contribution is 2.62. The molecule has 5 aliphatic carbocycles. The minimum atomic E-state index is -0.520. The Bertz CT molecular complexity index is 901. The Labute approximate surface area is 191 Å². The molecule has 3 fully saturated rings. The molecule has 5 heteroatoms. The number of aliphatic carboxylic acids is 1. The van der Waals surface area contributed by atoms with E-state index in [2.05, 4.69) is 29.2 Å². The maximum Gasteiger partial charge on any atom is 0.310 e. The van der Waals surface area contributed by atoms with Gasteiger partial charge in [-0.3, -0.25) is 4.79 Å². The third-order valence-corrected chi connectivity index (χ3v) is 10.1. The van der Waals surface area contributed by atoms with Gasteiger partial charge in [0.2, 0.25) is 0 Å². The van der Waals surface area contributed by atoms with Crippen molar-refractivity contribution in [3.05, 3.63) is 35.4 Å². The lowest BCUT2D eigenvalue weighted by molar-refractivity contribution is -0.159. The molecule has 8 unspecified atom stereocenters. The smallest absolute Gasteiger partial charge is 0.310 e. The Hall–Kier alpha value is -1.42. The average molecular weight is 443 g/mol. The summed E-state index contributed by atoms with van der Waals surface area (Å²) in [7, 11) is 0. The van der Waals surface area contributed by atoms with Crippen LogP contribution < -0.4 is 0 Å². The van der Waals surface area contributed by atoms with Gasteiger partial charge in [-0.25, -0.2) is 9.97 Å². The molecular weight excluding hydrogens is 408 g/mol. The van der Waals surface area contributed by atoms with Gasteiger partial charge in [0.25, 0.3) is 0 Å². The molecule has 0 bridgehead atoms. The molecule has 1 aromatic rings. The van der Waals surface area contributed by atoms with Crippen molar-refractivity contribution < 1.29 is 9.90 Å². The van der Waals surface area contributed by atoms with Gasteiger partial charge in [0.15, 0.2) is 0 Å². The van der Waals surface area contributed by atoms with Crippen LogP contribution in [0.5, 0.6) is 0 Å². The molecule has 1 N–H and O–H groups in total. The minimum Gasteiger partial charge on any atom is -0.481 e. The van der Waals surface area contributed by atoms with E-state index in [1.54, 1.807) is 11.9 Å². The molecule has 0 spiro atoms. The van der Waals surface area contributed by atoms with E-state index in [-0.39, 0.29) is 18.3 Å². The van der Waals surface area contributed by atoms with E-state index in [4.69, 9.17) is 0 Å². The highest BCUT2D eigenvalue weighted by molar-refractivity contribution is 5.85. The Morgan fingerprint density at radius 1 is 1.10 bits per heavy atom. The summed E-state index contributed by atoms with van der Waals surface area (Å²) in [4.78, 5) is 21.4. The van der Waals surface area contributed by atoms with Gasteiger partial charge in [0.05, 0.1) is 5.41 Å². The van der Waals surface area contributed by atoms with E-state index in [1.807, 2.05) is 0 Å². The second-order valence-electron chi connectivity index (χ2n) is 11.1. The van der Waals surface area contributed by atoms with Gasteiger partial charge in [-0.05, 0) is 98.4 Å².